The highest BCUT2D eigenvalue weighted by Gasteiger charge is 2.40. The van der Waals surface area contributed by atoms with E-state index in [2.05, 4.69) is 6.58 Å². The molecule has 0 spiro atoms. The summed E-state index contributed by atoms with van der Waals surface area (Å²) in [6.07, 6.45) is 3.77. The first-order valence-electron chi connectivity index (χ1n) is 7.14. The molecule has 0 bridgehead atoms. The van der Waals surface area contributed by atoms with E-state index in [1.807, 2.05) is 0 Å². The normalized spacial score (nSPS) is 24.5. The first-order valence-corrected chi connectivity index (χ1v) is 7.14. The molecule has 0 heterocycles. The first-order chi connectivity index (χ1) is 9.83. The third kappa shape index (κ3) is 4.58. The number of carboxylic acid groups (broad SMARTS) is 1. The number of esters is 2. The molecule has 1 saturated carbocycles. The number of carbonyl (C=O) groups is 3. The summed E-state index contributed by atoms with van der Waals surface area (Å²) in [6.45, 7) is 6.48. The van der Waals surface area contributed by atoms with Crippen LogP contribution in [0.25, 0.3) is 0 Å². The fourth-order valence-electron chi connectivity index (χ4n) is 2.42. The van der Waals surface area contributed by atoms with Gasteiger partial charge in [0, 0.05) is 19.4 Å². The van der Waals surface area contributed by atoms with Crippen molar-refractivity contribution in [2.75, 3.05) is 0 Å². The maximum atomic E-state index is 12.3. The zero-order valence-electron chi connectivity index (χ0n) is 12.5. The van der Waals surface area contributed by atoms with Crippen LogP contribution in [0.2, 0.25) is 0 Å². The lowest BCUT2D eigenvalue weighted by molar-refractivity contribution is -0.225. The van der Waals surface area contributed by atoms with Gasteiger partial charge in [-0.2, -0.15) is 0 Å². The molecule has 0 aromatic rings. The van der Waals surface area contributed by atoms with Crippen molar-refractivity contribution in [1.82, 2.24) is 0 Å². The maximum absolute atomic E-state index is 12.3. The number of aliphatic carboxylic acids is 1. The number of hydrogen-bond acceptors (Lipinski definition) is 5. The van der Waals surface area contributed by atoms with Gasteiger partial charge < -0.3 is 14.6 Å². The molecule has 118 valence electrons. The Bertz CT molecular complexity index is 430. The van der Waals surface area contributed by atoms with E-state index in [0.717, 1.165) is 18.9 Å². The van der Waals surface area contributed by atoms with Crippen LogP contribution in [0.1, 0.15) is 46.0 Å². The fourth-order valence-corrected chi connectivity index (χ4v) is 2.42. The fraction of sp³-hybridized carbons (Fsp3) is 0.667. The van der Waals surface area contributed by atoms with Crippen molar-refractivity contribution >= 4 is 17.9 Å². The molecule has 1 fully saturated rings. The highest BCUT2D eigenvalue weighted by atomic mass is 16.7. The molecule has 0 aromatic heterocycles. The second-order valence-electron chi connectivity index (χ2n) is 5.37. The Morgan fingerprint density at radius 1 is 1.24 bits per heavy atom. The summed E-state index contributed by atoms with van der Waals surface area (Å²) in [6, 6.07) is 0. The molecular formula is C15H22O6. The Labute approximate surface area is 124 Å². The molecule has 1 aliphatic carbocycles. The molecule has 3 unspecified atom stereocenters. The quantitative estimate of drug-likeness (QED) is 0.459. The zero-order valence-corrected chi connectivity index (χ0v) is 12.5. The van der Waals surface area contributed by atoms with E-state index < -0.39 is 35.5 Å². The molecule has 0 saturated heterocycles. The average molecular weight is 298 g/mol. The van der Waals surface area contributed by atoms with Crippen molar-refractivity contribution in [2.45, 2.75) is 51.7 Å². The summed E-state index contributed by atoms with van der Waals surface area (Å²) in [4.78, 5) is 34.8. The number of rotatable bonds is 6. The third-order valence-electron chi connectivity index (χ3n) is 3.83. The van der Waals surface area contributed by atoms with Gasteiger partial charge in [0.1, 0.15) is 0 Å². The topological polar surface area (TPSA) is 89.9 Å². The molecule has 0 radical (unpaired) electrons. The van der Waals surface area contributed by atoms with Gasteiger partial charge in [-0.3, -0.25) is 9.59 Å². The number of hydrogen-bond donors (Lipinski definition) is 1. The molecule has 0 aliphatic heterocycles. The van der Waals surface area contributed by atoms with Gasteiger partial charge in [-0.25, -0.2) is 4.79 Å². The van der Waals surface area contributed by atoms with Crippen LogP contribution < -0.4 is 0 Å². The van der Waals surface area contributed by atoms with E-state index in [1.165, 1.54) is 6.92 Å². The van der Waals surface area contributed by atoms with Crippen molar-refractivity contribution in [3.05, 3.63) is 12.7 Å². The SMILES string of the molecule is C=CC(=O)OC(C)(CC)OC(=O)C1CCCCC1C(=O)O. The minimum atomic E-state index is -1.40. The maximum Gasteiger partial charge on any atom is 0.333 e. The molecule has 1 N–H and O–H groups in total. The van der Waals surface area contributed by atoms with Crippen LogP contribution in [0.4, 0.5) is 0 Å². The van der Waals surface area contributed by atoms with Crippen LogP contribution in [0, 0.1) is 11.8 Å². The van der Waals surface area contributed by atoms with Crippen LogP contribution in [0.3, 0.4) is 0 Å². The van der Waals surface area contributed by atoms with E-state index in [4.69, 9.17) is 9.47 Å². The lowest BCUT2D eigenvalue weighted by Crippen LogP contribution is -2.41. The largest absolute Gasteiger partial charge is 0.481 e. The van der Waals surface area contributed by atoms with Gasteiger partial charge in [0.05, 0.1) is 11.8 Å². The van der Waals surface area contributed by atoms with Gasteiger partial charge in [-0.05, 0) is 12.8 Å². The Balaban J connectivity index is 2.78. The second kappa shape index (κ2) is 7.24. The van der Waals surface area contributed by atoms with Gasteiger partial charge >= 0.3 is 17.9 Å². The summed E-state index contributed by atoms with van der Waals surface area (Å²) in [5.41, 5.74) is 0. The van der Waals surface area contributed by atoms with Crippen molar-refractivity contribution in [2.24, 2.45) is 11.8 Å². The van der Waals surface area contributed by atoms with Crippen LogP contribution in [0.5, 0.6) is 0 Å². The number of ether oxygens (including phenoxy) is 2. The van der Waals surface area contributed by atoms with Crippen molar-refractivity contribution in [1.29, 1.82) is 0 Å². The zero-order chi connectivity index (χ0) is 16.0. The molecule has 6 nitrogen and oxygen atoms in total. The van der Waals surface area contributed by atoms with E-state index in [9.17, 15) is 19.5 Å². The van der Waals surface area contributed by atoms with Crippen LogP contribution in [-0.4, -0.2) is 28.8 Å². The average Bonchev–Trinajstić information content (AvgIpc) is 2.46. The lowest BCUT2D eigenvalue weighted by Gasteiger charge is -2.32. The molecule has 1 rings (SSSR count). The summed E-state index contributed by atoms with van der Waals surface area (Å²) < 4.78 is 10.3. The van der Waals surface area contributed by atoms with Crippen molar-refractivity contribution in [3.63, 3.8) is 0 Å². The smallest absolute Gasteiger partial charge is 0.333 e. The third-order valence-corrected chi connectivity index (χ3v) is 3.83. The minimum absolute atomic E-state index is 0.267. The van der Waals surface area contributed by atoms with Crippen molar-refractivity contribution in [3.8, 4) is 0 Å². The standard InChI is InChI=1S/C15H22O6/c1-4-12(16)20-15(3,5-2)21-14(19)11-9-7-6-8-10(11)13(17)18/h4,10-11H,1,5-9H2,2-3H3,(H,17,18). The predicted molar refractivity (Wildman–Crippen MR) is 74.2 cm³/mol. The molecule has 21 heavy (non-hydrogen) atoms. The lowest BCUT2D eigenvalue weighted by atomic mass is 9.79. The van der Waals surface area contributed by atoms with Crippen LogP contribution >= 0.6 is 0 Å². The summed E-state index contributed by atoms with van der Waals surface area (Å²) >= 11 is 0. The number of carboxylic acids is 1. The van der Waals surface area contributed by atoms with E-state index >= 15 is 0 Å². The van der Waals surface area contributed by atoms with Crippen molar-refractivity contribution < 1.29 is 29.0 Å². The Hall–Kier alpha value is -1.85. The predicted octanol–water partition coefficient (Wildman–Crippen LogP) is 2.28. The summed E-state index contributed by atoms with van der Waals surface area (Å²) in [5.74, 6) is -5.12. The molecule has 3 atom stereocenters. The van der Waals surface area contributed by atoms with Gasteiger partial charge in [0.15, 0.2) is 0 Å². The van der Waals surface area contributed by atoms with Gasteiger partial charge in [-0.1, -0.05) is 26.3 Å². The highest BCUT2D eigenvalue weighted by molar-refractivity contribution is 5.83. The van der Waals surface area contributed by atoms with Gasteiger partial charge in [0.25, 0.3) is 5.79 Å². The van der Waals surface area contributed by atoms with E-state index in [1.54, 1.807) is 6.92 Å². The first kappa shape index (κ1) is 17.2. The molecule has 0 aromatic carbocycles. The van der Waals surface area contributed by atoms with E-state index in [-0.39, 0.29) is 6.42 Å². The molecular weight excluding hydrogens is 276 g/mol. The van der Waals surface area contributed by atoms with Crippen LogP contribution in [0.15, 0.2) is 12.7 Å². The molecule has 0 amide bonds. The monoisotopic (exact) mass is 298 g/mol. The van der Waals surface area contributed by atoms with Crippen LogP contribution in [-0.2, 0) is 23.9 Å². The Morgan fingerprint density at radius 2 is 1.81 bits per heavy atom. The number of carbonyl (C=O) groups excluding carboxylic acids is 2. The Morgan fingerprint density at radius 3 is 2.29 bits per heavy atom. The Kier molecular flexibility index (Phi) is 5.93. The highest BCUT2D eigenvalue weighted by Crippen LogP contribution is 2.33. The molecule has 1 aliphatic rings. The summed E-state index contributed by atoms with van der Waals surface area (Å²) in [7, 11) is 0. The molecule has 6 heteroatoms. The summed E-state index contributed by atoms with van der Waals surface area (Å²) in [5, 5.41) is 9.19. The van der Waals surface area contributed by atoms with Gasteiger partial charge in [0.2, 0.25) is 0 Å². The minimum Gasteiger partial charge on any atom is -0.481 e. The second-order valence-corrected chi connectivity index (χ2v) is 5.37. The van der Waals surface area contributed by atoms with E-state index in [0.29, 0.717) is 12.8 Å². The van der Waals surface area contributed by atoms with Gasteiger partial charge in [-0.15, -0.1) is 0 Å².